The summed E-state index contributed by atoms with van der Waals surface area (Å²) in [6, 6.07) is 8.42. The molecular weight excluding hydrogens is 200 g/mol. The largest absolute Gasteiger partial charge is 0.491 e. The zero-order valence-corrected chi connectivity index (χ0v) is 10.3. The van der Waals surface area contributed by atoms with Gasteiger partial charge in [-0.3, -0.25) is 0 Å². The topological polar surface area (TPSA) is 21.8 Å². The van der Waals surface area contributed by atoms with E-state index in [-0.39, 0.29) is 5.41 Å². The van der Waals surface area contributed by atoms with Crippen LogP contribution in [0.3, 0.4) is 0 Å². The minimum atomic E-state index is 0.248. The summed E-state index contributed by atoms with van der Waals surface area (Å²) in [5.74, 6) is 0.936. The van der Waals surface area contributed by atoms with Crippen molar-refractivity contribution in [1.82, 2.24) is 0 Å². The number of rotatable bonds is 5. The standard InChI is InChI=1S/C14H20O2/c1-4-14(2,3)11-5-7-12(8-6-11)15-9-13-10-16-13/h5-8,13H,4,9-10H2,1-3H3/t13-/m1/s1. The van der Waals surface area contributed by atoms with Gasteiger partial charge in [-0.15, -0.1) is 0 Å². The molecule has 0 spiro atoms. The molecule has 1 aromatic carbocycles. The second-order valence-corrected chi connectivity index (χ2v) is 5.03. The molecule has 1 saturated heterocycles. The highest BCUT2D eigenvalue weighted by Crippen LogP contribution is 2.28. The van der Waals surface area contributed by atoms with Gasteiger partial charge in [0.05, 0.1) is 6.61 Å². The number of benzene rings is 1. The van der Waals surface area contributed by atoms with Crippen molar-refractivity contribution in [3.8, 4) is 5.75 Å². The summed E-state index contributed by atoms with van der Waals surface area (Å²) in [5.41, 5.74) is 1.61. The van der Waals surface area contributed by atoms with Gasteiger partial charge in [-0.05, 0) is 29.5 Å². The first kappa shape index (κ1) is 11.5. The van der Waals surface area contributed by atoms with E-state index in [0.29, 0.717) is 12.7 Å². The maximum atomic E-state index is 5.61. The lowest BCUT2D eigenvalue weighted by atomic mass is 9.82. The molecule has 0 unspecified atom stereocenters. The summed E-state index contributed by atoms with van der Waals surface area (Å²) >= 11 is 0. The van der Waals surface area contributed by atoms with Gasteiger partial charge in [0.1, 0.15) is 18.5 Å². The molecule has 2 rings (SSSR count). The van der Waals surface area contributed by atoms with Crippen LogP contribution >= 0.6 is 0 Å². The van der Waals surface area contributed by atoms with Crippen LogP contribution in [0, 0.1) is 0 Å². The number of epoxide rings is 1. The molecule has 1 aromatic rings. The Morgan fingerprint density at radius 1 is 1.31 bits per heavy atom. The molecule has 2 heteroatoms. The Hall–Kier alpha value is -1.02. The first-order valence-electron chi connectivity index (χ1n) is 5.97. The molecule has 1 atom stereocenters. The van der Waals surface area contributed by atoms with Gasteiger partial charge in [0.25, 0.3) is 0 Å². The predicted octanol–water partition coefficient (Wildman–Crippen LogP) is 3.15. The van der Waals surface area contributed by atoms with E-state index in [1.807, 2.05) is 0 Å². The van der Waals surface area contributed by atoms with E-state index in [4.69, 9.17) is 9.47 Å². The maximum Gasteiger partial charge on any atom is 0.119 e. The maximum absolute atomic E-state index is 5.61. The predicted molar refractivity (Wildman–Crippen MR) is 65.0 cm³/mol. The second kappa shape index (κ2) is 4.46. The number of ether oxygens (including phenoxy) is 2. The summed E-state index contributed by atoms with van der Waals surface area (Å²) < 4.78 is 10.7. The van der Waals surface area contributed by atoms with Crippen molar-refractivity contribution in [2.45, 2.75) is 38.7 Å². The lowest BCUT2D eigenvalue weighted by Gasteiger charge is -2.23. The van der Waals surface area contributed by atoms with E-state index >= 15 is 0 Å². The van der Waals surface area contributed by atoms with Crippen molar-refractivity contribution in [2.24, 2.45) is 0 Å². The van der Waals surface area contributed by atoms with E-state index in [0.717, 1.165) is 18.8 Å². The van der Waals surface area contributed by atoms with Gasteiger partial charge < -0.3 is 9.47 Å². The van der Waals surface area contributed by atoms with Gasteiger partial charge in [0.2, 0.25) is 0 Å². The van der Waals surface area contributed by atoms with E-state index < -0.39 is 0 Å². The molecule has 1 aliphatic rings. The van der Waals surface area contributed by atoms with Crippen molar-refractivity contribution in [3.63, 3.8) is 0 Å². The minimum absolute atomic E-state index is 0.248. The number of hydrogen-bond acceptors (Lipinski definition) is 2. The molecule has 2 nitrogen and oxygen atoms in total. The van der Waals surface area contributed by atoms with E-state index in [9.17, 15) is 0 Å². The third kappa shape index (κ3) is 2.76. The highest BCUT2D eigenvalue weighted by atomic mass is 16.6. The third-order valence-corrected chi connectivity index (χ3v) is 3.36. The average molecular weight is 220 g/mol. The fourth-order valence-electron chi connectivity index (χ4n) is 1.56. The van der Waals surface area contributed by atoms with Crippen molar-refractivity contribution in [3.05, 3.63) is 29.8 Å². The highest BCUT2D eigenvalue weighted by molar-refractivity contribution is 5.31. The van der Waals surface area contributed by atoms with Crippen molar-refractivity contribution >= 4 is 0 Å². The van der Waals surface area contributed by atoms with Gasteiger partial charge in [-0.1, -0.05) is 32.9 Å². The van der Waals surface area contributed by atoms with Crippen LogP contribution in [0.2, 0.25) is 0 Å². The molecule has 0 aliphatic carbocycles. The third-order valence-electron chi connectivity index (χ3n) is 3.36. The summed E-state index contributed by atoms with van der Waals surface area (Å²) in [5, 5.41) is 0. The molecule has 16 heavy (non-hydrogen) atoms. The molecular formula is C14H20O2. The Kier molecular flexibility index (Phi) is 3.20. The van der Waals surface area contributed by atoms with Crippen LogP contribution in [0.15, 0.2) is 24.3 Å². The molecule has 1 fully saturated rings. The highest BCUT2D eigenvalue weighted by Gasteiger charge is 2.23. The van der Waals surface area contributed by atoms with Crippen LogP contribution in [0.1, 0.15) is 32.8 Å². The first-order valence-corrected chi connectivity index (χ1v) is 5.97. The Morgan fingerprint density at radius 3 is 2.44 bits per heavy atom. The fraction of sp³-hybridized carbons (Fsp3) is 0.571. The molecule has 0 N–H and O–H groups in total. The van der Waals surface area contributed by atoms with Crippen molar-refractivity contribution < 1.29 is 9.47 Å². The SMILES string of the molecule is CCC(C)(C)c1ccc(OC[C@@H]2CO2)cc1. The zero-order chi connectivity index (χ0) is 11.6. The summed E-state index contributed by atoms with van der Waals surface area (Å²) in [7, 11) is 0. The van der Waals surface area contributed by atoms with E-state index in [2.05, 4.69) is 45.0 Å². The summed E-state index contributed by atoms with van der Waals surface area (Å²) in [6.45, 7) is 8.27. The summed E-state index contributed by atoms with van der Waals surface area (Å²) in [4.78, 5) is 0. The molecule has 0 bridgehead atoms. The zero-order valence-electron chi connectivity index (χ0n) is 10.3. The van der Waals surface area contributed by atoms with Crippen LogP contribution < -0.4 is 4.74 Å². The Labute approximate surface area is 97.6 Å². The van der Waals surface area contributed by atoms with Crippen LogP contribution in [-0.4, -0.2) is 19.3 Å². The molecule has 0 amide bonds. The van der Waals surface area contributed by atoms with Gasteiger partial charge in [0.15, 0.2) is 0 Å². The van der Waals surface area contributed by atoms with Gasteiger partial charge in [-0.2, -0.15) is 0 Å². The monoisotopic (exact) mass is 220 g/mol. The normalized spacial score (nSPS) is 19.6. The van der Waals surface area contributed by atoms with Crippen LogP contribution in [-0.2, 0) is 10.2 Å². The number of hydrogen-bond donors (Lipinski definition) is 0. The fourth-order valence-corrected chi connectivity index (χ4v) is 1.56. The molecule has 0 aromatic heterocycles. The smallest absolute Gasteiger partial charge is 0.119 e. The van der Waals surface area contributed by atoms with Gasteiger partial charge in [-0.25, -0.2) is 0 Å². The van der Waals surface area contributed by atoms with Gasteiger partial charge in [0, 0.05) is 0 Å². The molecule has 88 valence electrons. The van der Waals surface area contributed by atoms with Crippen LogP contribution in [0.5, 0.6) is 5.75 Å². The minimum Gasteiger partial charge on any atom is -0.491 e. The second-order valence-electron chi connectivity index (χ2n) is 5.03. The van der Waals surface area contributed by atoms with Crippen LogP contribution in [0.4, 0.5) is 0 Å². The van der Waals surface area contributed by atoms with Crippen molar-refractivity contribution in [1.29, 1.82) is 0 Å². The summed E-state index contributed by atoms with van der Waals surface area (Å²) in [6.07, 6.45) is 1.47. The van der Waals surface area contributed by atoms with E-state index in [1.54, 1.807) is 0 Å². The molecule has 1 aliphatic heterocycles. The quantitative estimate of drug-likeness (QED) is 0.711. The molecule has 0 radical (unpaired) electrons. The van der Waals surface area contributed by atoms with E-state index in [1.165, 1.54) is 5.56 Å². The van der Waals surface area contributed by atoms with Crippen molar-refractivity contribution in [2.75, 3.05) is 13.2 Å². The lowest BCUT2D eigenvalue weighted by molar-refractivity contribution is 0.263. The van der Waals surface area contributed by atoms with Gasteiger partial charge >= 0.3 is 0 Å². The lowest BCUT2D eigenvalue weighted by Crippen LogP contribution is -2.15. The Morgan fingerprint density at radius 2 is 1.94 bits per heavy atom. The molecule has 1 heterocycles. The first-order chi connectivity index (χ1) is 7.62. The Balaban J connectivity index is 1.97. The Bertz CT molecular complexity index is 336. The van der Waals surface area contributed by atoms with Crippen LogP contribution in [0.25, 0.3) is 0 Å². The average Bonchev–Trinajstić information content (AvgIpc) is 3.11. The molecule has 0 saturated carbocycles.